The number of carbonyl (C=O) groups excluding carboxylic acids is 1. The molecule has 0 aliphatic heterocycles. The number of primary sulfonamides is 1. The number of carbonyl (C=O) groups is 1. The van der Waals surface area contributed by atoms with E-state index in [0.717, 1.165) is 0 Å². The van der Waals surface area contributed by atoms with Crippen LogP contribution < -0.4 is 10.9 Å². The summed E-state index contributed by atoms with van der Waals surface area (Å²) in [5.41, 5.74) is 5.69. The zero-order chi connectivity index (χ0) is 11.1. The maximum absolute atomic E-state index is 11.1. The van der Waals surface area contributed by atoms with Crippen LogP contribution in [0.5, 0.6) is 0 Å². The fourth-order valence-electron chi connectivity index (χ4n) is 1.41. The Labute approximate surface area is 81.3 Å². The second kappa shape index (κ2) is 3.10. The highest BCUT2D eigenvalue weighted by Gasteiger charge is 2.22. The first kappa shape index (κ1) is 10.7. The Morgan fingerprint density at radius 2 is 1.86 bits per heavy atom. The highest BCUT2D eigenvalue weighted by molar-refractivity contribution is 7.89. The molecule has 0 radical (unpaired) electrons. The lowest BCUT2D eigenvalue weighted by Gasteiger charge is -1.97. The third-order valence-corrected chi connectivity index (χ3v) is 3.08. The van der Waals surface area contributed by atoms with Crippen LogP contribution in [0.25, 0.3) is 0 Å². The summed E-state index contributed by atoms with van der Waals surface area (Å²) in [5, 5.41) is 4.97. The van der Waals surface area contributed by atoms with E-state index >= 15 is 0 Å². The molecule has 1 amide bonds. The number of hydrogen-bond donors (Lipinski definition) is 3. The van der Waals surface area contributed by atoms with Crippen LogP contribution in [0.4, 0.5) is 0 Å². The first-order chi connectivity index (χ1) is 6.25. The molecule has 14 heavy (non-hydrogen) atoms. The van der Waals surface area contributed by atoms with Crippen molar-refractivity contribution in [2.45, 2.75) is 18.7 Å². The van der Waals surface area contributed by atoms with Gasteiger partial charge in [0.1, 0.15) is 10.6 Å². The number of primary amides is 1. The van der Waals surface area contributed by atoms with Crippen molar-refractivity contribution in [2.24, 2.45) is 10.9 Å². The van der Waals surface area contributed by atoms with Crippen LogP contribution in [0.3, 0.4) is 0 Å². The molecule has 0 aliphatic carbocycles. The third kappa shape index (κ3) is 1.64. The fraction of sp³-hybridized carbons (Fsp3) is 0.286. The number of aryl methyl sites for hydroxylation is 1. The van der Waals surface area contributed by atoms with E-state index in [9.17, 15) is 13.2 Å². The molecule has 1 aromatic heterocycles. The molecule has 0 saturated carbocycles. The van der Waals surface area contributed by atoms with E-state index in [1.54, 1.807) is 0 Å². The van der Waals surface area contributed by atoms with Gasteiger partial charge in [0, 0.05) is 5.69 Å². The number of aromatic amines is 1. The molecule has 78 valence electrons. The Balaban J connectivity index is 3.56. The van der Waals surface area contributed by atoms with Gasteiger partial charge in [-0.2, -0.15) is 0 Å². The summed E-state index contributed by atoms with van der Waals surface area (Å²) in [4.78, 5) is 13.4. The van der Waals surface area contributed by atoms with Gasteiger partial charge in [-0.05, 0) is 19.4 Å². The van der Waals surface area contributed by atoms with Crippen LogP contribution in [-0.4, -0.2) is 19.3 Å². The van der Waals surface area contributed by atoms with Gasteiger partial charge in [-0.3, -0.25) is 4.79 Å². The molecule has 1 aromatic rings. The van der Waals surface area contributed by atoms with Crippen molar-refractivity contribution in [1.29, 1.82) is 0 Å². The Bertz CT molecular complexity index is 487. The van der Waals surface area contributed by atoms with E-state index in [2.05, 4.69) is 4.98 Å². The van der Waals surface area contributed by atoms with E-state index in [0.29, 0.717) is 5.69 Å². The number of nitrogens with two attached hydrogens (primary N) is 2. The summed E-state index contributed by atoms with van der Waals surface area (Å²) in [6.45, 7) is 2.99. The zero-order valence-electron chi connectivity index (χ0n) is 7.79. The minimum Gasteiger partial charge on any atom is -0.364 e. The normalized spacial score (nSPS) is 11.6. The second-order valence-electron chi connectivity index (χ2n) is 2.99. The SMILES string of the molecule is Cc1[nH]c(C(N)=O)c(C)c1S(N)(=O)=O. The maximum Gasteiger partial charge on any atom is 0.265 e. The molecular weight excluding hydrogens is 206 g/mol. The molecule has 0 fully saturated rings. The predicted molar refractivity (Wildman–Crippen MR) is 50.2 cm³/mol. The van der Waals surface area contributed by atoms with Gasteiger partial charge in [0.05, 0.1) is 0 Å². The molecule has 0 aliphatic rings. The molecular formula is C7H11N3O3S. The summed E-state index contributed by atoms with van der Waals surface area (Å²) in [6.07, 6.45) is 0. The fourth-order valence-corrected chi connectivity index (χ4v) is 2.41. The standard InChI is InChI=1S/C7H11N3O3S/c1-3-5(7(8)11)10-4(2)6(3)14(9,12)13/h10H,1-2H3,(H2,8,11)(H2,9,12,13). The smallest absolute Gasteiger partial charge is 0.265 e. The van der Waals surface area contributed by atoms with E-state index in [4.69, 9.17) is 10.9 Å². The third-order valence-electron chi connectivity index (χ3n) is 1.90. The minimum atomic E-state index is -3.82. The van der Waals surface area contributed by atoms with Crippen molar-refractivity contribution in [3.8, 4) is 0 Å². The van der Waals surface area contributed by atoms with Crippen LogP contribution in [0.15, 0.2) is 4.90 Å². The summed E-state index contributed by atoms with van der Waals surface area (Å²) in [5.74, 6) is -0.708. The number of rotatable bonds is 2. The Morgan fingerprint density at radius 3 is 2.07 bits per heavy atom. The summed E-state index contributed by atoms with van der Waals surface area (Å²) in [6, 6.07) is 0. The first-order valence-electron chi connectivity index (χ1n) is 3.77. The molecule has 7 heteroatoms. The first-order valence-corrected chi connectivity index (χ1v) is 5.31. The average Bonchev–Trinajstić information content (AvgIpc) is 2.24. The predicted octanol–water partition coefficient (Wildman–Crippen LogP) is -0.622. The van der Waals surface area contributed by atoms with E-state index in [1.807, 2.05) is 0 Å². The molecule has 0 saturated heterocycles. The van der Waals surface area contributed by atoms with E-state index < -0.39 is 15.9 Å². The van der Waals surface area contributed by atoms with Gasteiger partial charge in [0.25, 0.3) is 5.91 Å². The lowest BCUT2D eigenvalue weighted by atomic mass is 10.2. The Morgan fingerprint density at radius 1 is 1.36 bits per heavy atom. The number of amides is 1. The number of sulfonamides is 1. The van der Waals surface area contributed by atoms with Gasteiger partial charge < -0.3 is 10.7 Å². The lowest BCUT2D eigenvalue weighted by Crippen LogP contribution is -2.15. The minimum absolute atomic E-state index is 0.0636. The van der Waals surface area contributed by atoms with Crippen molar-refractivity contribution in [3.05, 3.63) is 17.0 Å². The number of nitrogens with one attached hydrogen (secondary N) is 1. The topological polar surface area (TPSA) is 119 Å². The van der Waals surface area contributed by atoms with Gasteiger partial charge in [-0.25, -0.2) is 13.6 Å². The summed E-state index contributed by atoms with van der Waals surface area (Å²) in [7, 11) is -3.82. The summed E-state index contributed by atoms with van der Waals surface area (Å²) >= 11 is 0. The van der Waals surface area contributed by atoms with Crippen molar-refractivity contribution in [3.63, 3.8) is 0 Å². The van der Waals surface area contributed by atoms with Crippen molar-refractivity contribution >= 4 is 15.9 Å². The van der Waals surface area contributed by atoms with E-state index in [1.165, 1.54) is 13.8 Å². The highest BCUT2D eigenvalue weighted by atomic mass is 32.2. The van der Waals surface area contributed by atoms with Gasteiger partial charge in [-0.1, -0.05) is 0 Å². The van der Waals surface area contributed by atoms with E-state index in [-0.39, 0.29) is 16.2 Å². The highest BCUT2D eigenvalue weighted by Crippen LogP contribution is 2.21. The molecule has 0 unspecified atom stereocenters. The lowest BCUT2D eigenvalue weighted by molar-refractivity contribution is 0.0995. The quantitative estimate of drug-likeness (QED) is 0.612. The Kier molecular flexibility index (Phi) is 2.38. The molecule has 0 bridgehead atoms. The van der Waals surface area contributed by atoms with Crippen molar-refractivity contribution < 1.29 is 13.2 Å². The largest absolute Gasteiger partial charge is 0.364 e. The zero-order valence-corrected chi connectivity index (χ0v) is 8.60. The van der Waals surface area contributed by atoms with Gasteiger partial charge in [0.15, 0.2) is 0 Å². The van der Waals surface area contributed by atoms with Crippen molar-refractivity contribution in [2.75, 3.05) is 0 Å². The van der Waals surface area contributed by atoms with Crippen LogP contribution in [0.2, 0.25) is 0 Å². The average molecular weight is 217 g/mol. The van der Waals surface area contributed by atoms with Crippen molar-refractivity contribution in [1.82, 2.24) is 4.98 Å². The van der Waals surface area contributed by atoms with Crippen LogP contribution in [-0.2, 0) is 10.0 Å². The van der Waals surface area contributed by atoms with Crippen LogP contribution >= 0.6 is 0 Å². The second-order valence-corrected chi connectivity index (χ2v) is 4.49. The van der Waals surface area contributed by atoms with Crippen LogP contribution in [0, 0.1) is 13.8 Å². The van der Waals surface area contributed by atoms with Gasteiger partial charge in [0.2, 0.25) is 10.0 Å². The maximum atomic E-state index is 11.1. The summed E-state index contributed by atoms with van der Waals surface area (Å²) < 4.78 is 22.2. The molecule has 5 N–H and O–H groups in total. The Hall–Kier alpha value is -1.34. The van der Waals surface area contributed by atoms with Crippen LogP contribution in [0.1, 0.15) is 21.7 Å². The van der Waals surface area contributed by atoms with Gasteiger partial charge in [-0.15, -0.1) is 0 Å². The molecule has 0 aromatic carbocycles. The molecule has 0 atom stereocenters. The number of H-pyrrole nitrogens is 1. The number of aromatic nitrogens is 1. The monoisotopic (exact) mass is 217 g/mol. The molecule has 0 spiro atoms. The van der Waals surface area contributed by atoms with Gasteiger partial charge >= 0.3 is 0 Å². The number of hydrogen-bond acceptors (Lipinski definition) is 3. The molecule has 1 heterocycles. The molecule has 1 rings (SSSR count). The molecule has 6 nitrogen and oxygen atoms in total.